The molecule has 2 aromatic rings. The highest BCUT2D eigenvalue weighted by atomic mass is 16.5. The Hall–Kier alpha value is -3.06. The Balaban J connectivity index is 1.63. The second kappa shape index (κ2) is 7.90. The van der Waals surface area contributed by atoms with Crippen LogP contribution >= 0.6 is 0 Å². The van der Waals surface area contributed by atoms with E-state index in [1.54, 1.807) is 47.2 Å². The summed E-state index contributed by atoms with van der Waals surface area (Å²) >= 11 is 0. The largest absolute Gasteiger partial charge is 0.497 e. The fourth-order valence-corrected chi connectivity index (χ4v) is 3.45. The van der Waals surface area contributed by atoms with Crippen LogP contribution in [0, 0.1) is 0 Å². The van der Waals surface area contributed by atoms with Crippen LogP contribution in [0.5, 0.6) is 11.5 Å². The fraction of sp³-hybridized carbons (Fsp3) is 0.333. The second-order valence-electron chi connectivity index (χ2n) is 6.66. The number of hydrogen-bond donors (Lipinski definition) is 0. The van der Waals surface area contributed by atoms with Crippen molar-refractivity contribution in [3.05, 3.63) is 54.1 Å². The molecule has 4 rings (SSSR count). The van der Waals surface area contributed by atoms with Crippen molar-refractivity contribution in [3.63, 3.8) is 0 Å². The van der Waals surface area contributed by atoms with Gasteiger partial charge < -0.3 is 24.0 Å². The predicted molar refractivity (Wildman–Crippen MR) is 103 cm³/mol. The van der Waals surface area contributed by atoms with Crippen LogP contribution in [0.4, 0.5) is 5.69 Å². The van der Waals surface area contributed by atoms with Crippen molar-refractivity contribution in [2.24, 2.45) is 0 Å². The normalized spacial score (nSPS) is 18.8. The van der Waals surface area contributed by atoms with E-state index >= 15 is 0 Å². The number of fused-ring (bicyclic) bond motifs is 1. The van der Waals surface area contributed by atoms with E-state index in [1.807, 2.05) is 18.2 Å². The minimum Gasteiger partial charge on any atom is -0.497 e. The van der Waals surface area contributed by atoms with E-state index in [0.717, 1.165) is 0 Å². The van der Waals surface area contributed by atoms with Gasteiger partial charge in [0.2, 0.25) is 0 Å². The molecule has 0 unspecified atom stereocenters. The zero-order valence-corrected chi connectivity index (χ0v) is 15.7. The van der Waals surface area contributed by atoms with Gasteiger partial charge in [-0.1, -0.05) is 18.2 Å². The van der Waals surface area contributed by atoms with Gasteiger partial charge in [0, 0.05) is 18.7 Å². The lowest BCUT2D eigenvalue weighted by molar-refractivity contribution is -0.142. The van der Waals surface area contributed by atoms with E-state index in [-0.39, 0.29) is 18.4 Å². The summed E-state index contributed by atoms with van der Waals surface area (Å²) in [6.45, 7) is 2.25. The van der Waals surface area contributed by atoms with Crippen LogP contribution in [0.1, 0.15) is 10.4 Å². The number of para-hydroxylation sites is 2. The van der Waals surface area contributed by atoms with Crippen LogP contribution in [0.2, 0.25) is 0 Å². The Morgan fingerprint density at radius 2 is 1.86 bits per heavy atom. The molecule has 1 atom stereocenters. The summed E-state index contributed by atoms with van der Waals surface area (Å²) in [5.41, 5.74) is 1.15. The zero-order chi connectivity index (χ0) is 19.5. The molecule has 28 heavy (non-hydrogen) atoms. The maximum Gasteiger partial charge on any atom is 0.265 e. The molecule has 1 saturated heterocycles. The van der Waals surface area contributed by atoms with E-state index in [1.165, 1.54) is 0 Å². The molecule has 0 aromatic heterocycles. The number of rotatable bonds is 3. The Morgan fingerprint density at radius 1 is 1.07 bits per heavy atom. The molecule has 1 fully saturated rings. The number of ether oxygens (including phenoxy) is 3. The molecule has 0 N–H and O–H groups in total. The molecule has 0 bridgehead atoms. The smallest absolute Gasteiger partial charge is 0.265 e. The Morgan fingerprint density at radius 3 is 2.64 bits per heavy atom. The van der Waals surface area contributed by atoms with Crippen molar-refractivity contribution in [1.82, 2.24) is 4.90 Å². The van der Waals surface area contributed by atoms with Crippen molar-refractivity contribution in [3.8, 4) is 11.5 Å². The second-order valence-corrected chi connectivity index (χ2v) is 6.66. The molecule has 2 heterocycles. The molecule has 146 valence electrons. The number of nitrogens with zero attached hydrogens (tertiary/aromatic N) is 2. The quantitative estimate of drug-likeness (QED) is 0.812. The average molecular weight is 382 g/mol. The SMILES string of the molecule is COc1cccc(C(=O)N2C[C@H](C(=O)N3CCOCC3)Oc3ccccc32)c1. The summed E-state index contributed by atoms with van der Waals surface area (Å²) in [4.78, 5) is 29.5. The minimum absolute atomic E-state index is 0.124. The van der Waals surface area contributed by atoms with Gasteiger partial charge in [-0.3, -0.25) is 9.59 Å². The lowest BCUT2D eigenvalue weighted by Crippen LogP contribution is -2.54. The first-order chi connectivity index (χ1) is 13.7. The highest BCUT2D eigenvalue weighted by molar-refractivity contribution is 6.08. The zero-order valence-electron chi connectivity index (χ0n) is 15.7. The average Bonchev–Trinajstić information content (AvgIpc) is 2.78. The summed E-state index contributed by atoms with van der Waals surface area (Å²) in [7, 11) is 1.56. The molecule has 0 saturated carbocycles. The van der Waals surface area contributed by atoms with Crippen LogP contribution in [0.25, 0.3) is 0 Å². The molecule has 0 radical (unpaired) electrons. The predicted octanol–water partition coefficient (Wildman–Crippen LogP) is 1.96. The third-order valence-electron chi connectivity index (χ3n) is 4.93. The number of amides is 2. The fourth-order valence-electron chi connectivity index (χ4n) is 3.45. The minimum atomic E-state index is -0.748. The molecule has 7 nitrogen and oxygen atoms in total. The van der Waals surface area contributed by atoms with E-state index in [4.69, 9.17) is 14.2 Å². The third-order valence-corrected chi connectivity index (χ3v) is 4.93. The summed E-state index contributed by atoms with van der Waals surface area (Å²) < 4.78 is 16.5. The topological polar surface area (TPSA) is 68.3 Å². The maximum absolute atomic E-state index is 13.2. The van der Waals surface area contributed by atoms with Gasteiger partial charge in [-0.15, -0.1) is 0 Å². The van der Waals surface area contributed by atoms with Crippen LogP contribution in [-0.2, 0) is 9.53 Å². The lowest BCUT2D eigenvalue weighted by Gasteiger charge is -2.37. The van der Waals surface area contributed by atoms with E-state index < -0.39 is 6.10 Å². The third kappa shape index (κ3) is 3.53. The highest BCUT2D eigenvalue weighted by Gasteiger charge is 2.36. The maximum atomic E-state index is 13.2. The standard InChI is InChI=1S/C21H22N2O5/c1-26-16-6-4-5-15(13-16)20(24)23-14-19(21(25)22-9-11-27-12-10-22)28-18-8-3-2-7-17(18)23/h2-8,13,19H,9-12,14H2,1H3/t19-/m1/s1. The Bertz CT molecular complexity index is 879. The molecule has 7 heteroatoms. The monoisotopic (exact) mass is 382 g/mol. The van der Waals surface area contributed by atoms with Gasteiger partial charge in [-0.25, -0.2) is 0 Å². The number of morpholine rings is 1. The summed E-state index contributed by atoms with van der Waals surface area (Å²) in [6, 6.07) is 14.3. The number of anilines is 1. The molecule has 2 aromatic carbocycles. The summed E-state index contributed by atoms with van der Waals surface area (Å²) in [6.07, 6.45) is -0.748. The van der Waals surface area contributed by atoms with Gasteiger partial charge in [0.15, 0.2) is 6.10 Å². The molecule has 0 aliphatic carbocycles. The first-order valence-corrected chi connectivity index (χ1v) is 9.25. The first-order valence-electron chi connectivity index (χ1n) is 9.25. The summed E-state index contributed by atoms with van der Waals surface area (Å²) in [5.74, 6) is 0.806. The van der Waals surface area contributed by atoms with E-state index in [0.29, 0.717) is 49.1 Å². The van der Waals surface area contributed by atoms with Gasteiger partial charge in [0.05, 0.1) is 32.6 Å². The van der Waals surface area contributed by atoms with Gasteiger partial charge in [-0.2, -0.15) is 0 Å². The number of carbonyl (C=O) groups is 2. The molecule has 0 spiro atoms. The van der Waals surface area contributed by atoms with Crippen LogP contribution in [-0.4, -0.2) is 62.8 Å². The molecule has 2 aliphatic rings. The number of benzene rings is 2. The van der Waals surface area contributed by atoms with Gasteiger partial charge in [-0.05, 0) is 30.3 Å². The molecular formula is C21H22N2O5. The van der Waals surface area contributed by atoms with Crippen molar-refractivity contribution < 1.29 is 23.8 Å². The Kier molecular flexibility index (Phi) is 5.16. The van der Waals surface area contributed by atoms with Gasteiger partial charge in [0.1, 0.15) is 11.5 Å². The highest BCUT2D eigenvalue weighted by Crippen LogP contribution is 2.34. The molecule has 2 amide bonds. The number of carbonyl (C=O) groups excluding carboxylic acids is 2. The van der Waals surface area contributed by atoms with Crippen LogP contribution in [0.15, 0.2) is 48.5 Å². The molecule has 2 aliphatic heterocycles. The number of methoxy groups -OCH3 is 1. The van der Waals surface area contributed by atoms with Crippen LogP contribution < -0.4 is 14.4 Å². The Labute approximate surface area is 163 Å². The lowest BCUT2D eigenvalue weighted by atomic mass is 10.1. The van der Waals surface area contributed by atoms with E-state index in [9.17, 15) is 9.59 Å². The van der Waals surface area contributed by atoms with Crippen molar-refractivity contribution in [1.29, 1.82) is 0 Å². The van der Waals surface area contributed by atoms with Crippen molar-refractivity contribution in [2.45, 2.75) is 6.10 Å². The molecular weight excluding hydrogens is 360 g/mol. The first kappa shape index (κ1) is 18.3. The van der Waals surface area contributed by atoms with Crippen LogP contribution in [0.3, 0.4) is 0 Å². The summed E-state index contributed by atoms with van der Waals surface area (Å²) in [5, 5.41) is 0. The van der Waals surface area contributed by atoms with E-state index in [2.05, 4.69) is 0 Å². The van der Waals surface area contributed by atoms with Gasteiger partial charge >= 0.3 is 0 Å². The number of hydrogen-bond acceptors (Lipinski definition) is 5. The van der Waals surface area contributed by atoms with Gasteiger partial charge in [0.25, 0.3) is 11.8 Å². The van der Waals surface area contributed by atoms with Crippen molar-refractivity contribution >= 4 is 17.5 Å². The van der Waals surface area contributed by atoms with Crippen molar-refractivity contribution in [2.75, 3.05) is 44.9 Å².